The van der Waals surface area contributed by atoms with Crippen molar-refractivity contribution in [3.05, 3.63) is 29.1 Å². The third-order valence-electron chi connectivity index (χ3n) is 3.10. The molecule has 19 heavy (non-hydrogen) atoms. The van der Waals surface area contributed by atoms with E-state index in [4.69, 9.17) is 4.74 Å². The summed E-state index contributed by atoms with van der Waals surface area (Å²) in [6, 6.07) is 4.41. The van der Waals surface area contributed by atoms with Gasteiger partial charge in [0.1, 0.15) is 0 Å². The van der Waals surface area contributed by atoms with Crippen LogP contribution in [0.1, 0.15) is 56.7 Å². The Kier molecular flexibility index (Phi) is 7.03. The first-order valence-corrected chi connectivity index (χ1v) is 7.45. The van der Waals surface area contributed by atoms with Gasteiger partial charge in [-0.05, 0) is 51.1 Å². The lowest BCUT2D eigenvalue weighted by molar-refractivity contribution is 0.111. The molecule has 1 aliphatic heterocycles. The maximum absolute atomic E-state index is 5.76. The first-order chi connectivity index (χ1) is 9.19. The van der Waals surface area contributed by atoms with Crippen molar-refractivity contribution in [1.29, 1.82) is 0 Å². The average molecular weight is 264 g/mol. The van der Waals surface area contributed by atoms with Crippen LogP contribution in [0.25, 0.3) is 0 Å². The molecule has 1 saturated heterocycles. The van der Waals surface area contributed by atoms with Crippen LogP contribution in [0.5, 0.6) is 0 Å². The van der Waals surface area contributed by atoms with Gasteiger partial charge in [0.2, 0.25) is 0 Å². The lowest BCUT2D eigenvalue weighted by Crippen LogP contribution is -2.13. The minimum Gasteiger partial charge on any atom is -0.374 e. The number of rotatable bonds is 4. The zero-order valence-corrected chi connectivity index (χ0v) is 13.1. The van der Waals surface area contributed by atoms with Crippen molar-refractivity contribution in [1.82, 2.24) is 9.88 Å². The highest BCUT2D eigenvalue weighted by Gasteiger charge is 2.19. The number of ether oxygens (including phenoxy) is 1. The highest BCUT2D eigenvalue weighted by Crippen LogP contribution is 2.29. The lowest BCUT2D eigenvalue weighted by Gasteiger charge is -2.15. The molecule has 0 spiro atoms. The largest absolute Gasteiger partial charge is 0.374 e. The van der Waals surface area contributed by atoms with Crippen molar-refractivity contribution in [2.24, 2.45) is 0 Å². The van der Waals surface area contributed by atoms with Crippen LogP contribution >= 0.6 is 0 Å². The molecule has 1 aromatic heterocycles. The summed E-state index contributed by atoms with van der Waals surface area (Å²) in [6.07, 6.45) is 3.61. The number of hydrogen-bond acceptors (Lipinski definition) is 3. The van der Waals surface area contributed by atoms with Crippen LogP contribution in [0.3, 0.4) is 0 Å². The number of aryl methyl sites for hydroxylation is 1. The van der Waals surface area contributed by atoms with Crippen molar-refractivity contribution in [2.45, 2.75) is 52.7 Å². The van der Waals surface area contributed by atoms with Crippen LogP contribution in [0.15, 0.2) is 12.1 Å². The van der Waals surface area contributed by atoms with Gasteiger partial charge in [-0.1, -0.05) is 20.8 Å². The molecule has 0 radical (unpaired) electrons. The van der Waals surface area contributed by atoms with Crippen LogP contribution < -0.4 is 0 Å². The summed E-state index contributed by atoms with van der Waals surface area (Å²) >= 11 is 0. The van der Waals surface area contributed by atoms with Gasteiger partial charge in [0.05, 0.1) is 11.8 Å². The molecule has 0 bridgehead atoms. The molecular weight excluding hydrogens is 236 g/mol. The summed E-state index contributed by atoms with van der Waals surface area (Å²) in [5.41, 5.74) is 3.64. The van der Waals surface area contributed by atoms with E-state index in [-0.39, 0.29) is 0 Å². The van der Waals surface area contributed by atoms with Crippen LogP contribution in [0.4, 0.5) is 0 Å². The van der Waals surface area contributed by atoms with E-state index in [1.54, 1.807) is 0 Å². The van der Waals surface area contributed by atoms with Crippen molar-refractivity contribution >= 4 is 0 Å². The quantitative estimate of drug-likeness (QED) is 0.831. The Labute approximate surface area is 118 Å². The lowest BCUT2D eigenvalue weighted by atomic mass is 10.0. The van der Waals surface area contributed by atoms with Crippen LogP contribution in [-0.4, -0.2) is 30.6 Å². The highest BCUT2D eigenvalue weighted by atomic mass is 16.5. The minimum atomic E-state index is 0.296. The van der Waals surface area contributed by atoms with Gasteiger partial charge >= 0.3 is 0 Å². The van der Waals surface area contributed by atoms with Crippen molar-refractivity contribution in [3.63, 3.8) is 0 Å². The van der Waals surface area contributed by atoms with Crippen LogP contribution in [-0.2, 0) is 17.7 Å². The fourth-order valence-electron chi connectivity index (χ4n) is 2.29. The molecule has 1 aromatic rings. The van der Waals surface area contributed by atoms with Crippen molar-refractivity contribution in [2.75, 3.05) is 20.7 Å². The van der Waals surface area contributed by atoms with E-state index in [2.05, 4.69) is 43.0 Å². The van der Waals surface area contributed by atoms with E-state index in [1.165, 1.54) is 17.7 Å². The molecule has 1 atom stereocenters. The number of pyridine rings is 1. The molecule has 3 heteroatoms. The molecule has 1 aliphatic rings. The third-order valence-corrected chi connectivity index (χ3v) is 3.10. The molecule has 108 valence electrons. The number of nitrogens with zero attached hydrogens (tertiary/aromatic N) is 2. The zero-order valence-electron chi connectivity index (χ0n) is 13.1. The van der Waals surface area contributed by atoms with Gasteiger partial charge in [-0.15, -0.1) is 0 Å². The van der Waals surface area contributed by atoms with Gasteiger partial charge in [-0.2, -0.15) is 0 Å². The fourth-order valence-corrected chi connectivity index (χ4v) is 2.29. The van der Waals surface area contributed by atoms with Gasteiger partial charge in [-0.3, -0.25) is 4.98 Å². The summed E-state index contributed by atoms with van der Waals surface area (Å²) in [5.74, 6) is 0. The molecule has 0 saturated carbocycles. The standard InChI is InChI=1S/C14H22N2O.C2H6/c1-4-12-8-11(14-6-5-7-17-14)9-13(15-12)10-16(2)3;1-2/h8-9,14H,4-7,10H2,1-3H3;1-2H3. The van der Waals surface area contributed by atoms with Gasteiger partial charge in [0.25, 0.3) is 0 Å². The molecule has 2 rings (SSSR count). The van der Waals surface area contributed by atoms with Gasteiger partial charge in [-0.25, -0.2) is 0 Å². The van der Waals surface area contributed by atoms with Gasteiger partial charge in [0, 0.05) is 18.8 Å². The Morgan fingerprint density at radius 3 is 2.47 bits per heavy atom. The maximum Gasteiger partial charge on any atom is 0.0827 e. The molecule has 0 aromatic carbocycles. The second-order valence-electron chi connectivity index (χ2n) is 4.98. The second kappa shape index (κ2) is 8.28. The molecule has 1 fully saturated rings. The van der Waals surface area contributed by atoms with Gasteiger partial charge in [0.15, 0.2) is 0 Å². The Morgan fingerprint density at radius 1 is 1.26 bits per heavy atom. The predicted molar refractivity (Wildman–Crippen MR) is 80.3 cm³/mol. The summed E-state index contributed by atoms with van der Waals surface area (Å²) in [4.78, 5) is 6.82. The number of aromatic nitrogens is 1. The van der Waals surface area contributed by atoms with E-state index in [0.29, 0.717) is 6.10 Å². The van der Waals surface area contributed by atoms with Gasteiger partial charge < -0.3 is 9.64 Å². The van der Waals surface area contributed by atoms with Crippen LogP contribution in [0.2, 0.25) is 0 Å². The Morgan fingerprint density at radius 2 is 1.95 bits per heavy atom. The third kappa shape index (κ3) is 4.92. The Hall–Kier alpha value is -0.930. The molecule has 0 N–H and O–H groups in total. The first kappa shape index (κ1) is 16.1. The van der Waals surface area contributed by atoms with E-state index in [9.17, 15) is 0 Å². The van der Waals surface area contributed by atoms with E-state index >= 15 is 0 Å². The highest BCUT2D eigenvalue weighted by molar-refractivity contribution is 5.24. The molecule has 0 aliphatic carbocycles. The molecular formula is C16H28N2O. The SMILES string of the molecule is CC.CCc1cc(C2CCCO2)cc(CN(C)C)n1. The van der Waals surface area contributed by atoms with Crippen molar-refractivity contribution < 1.29 is 4.74 Å². The first-order valence-electron chi connectivity index (χ1n) is 7.45. The second-order valence-corrected chi connectivity index (χ2v) is 4.98. The summed E-state index contributed by atoms with van der Waals surface area (Å²) in [7, 11) is 4.15. The van der Waals surface area contributed by atoms with E-state index in [0.717, 1.165) is 31.7 Å². The Bertz CT molecular complexity index is 371. The smallest absolute Gasteiger partial charge is 0.0827 e. The molecule has 3 nitrogen and oxygen atoms in total. The molecule has 0 amide bonds. The van der Waals surface area contributed by atoms with E-state index < -0.39 is 0 Å². The number of hydrogen-bond donors (Lipinski definition) is 0. The molecule has 1 unspecified atom stereocenters. The van der Waals surface area contributed by atoms with Crippen LogP contribution in [0, 0.1) is 0 Å². The normalized spacial score (nSPS) is 18.3. The predicted octanol–water partition coefficient (Wildman–Crippen LogP) is 3.58. The maximum atomic E-state index is 5.76. The average Bonchev–Trinajstić information content (AvgIpc) is 2.94. The Balaban J connectivity index is 0.000000861. The minimum absolute atomic E-state index is 0.296. The summed E-state index contributed by atoms with van der Waals surface area (Å²) in [5, 5.41) is 0. The topological polar surface area (TPSA) is 25.4 Å². The van der Waals surface area contributed by atoms with Crippen molar-refractivity contribution in [3.8, 4) is 0 Å². The summed E-state index contributed by atoms with van der Waals surface area (Å²) < 4.78 is 5.76. The molecule has 2 heterocycles. The monoisotopic (exact) mass is 264 g/mol. The zero-order chi connectivity index (χ0) is 14.3. The fraction of sp³-hybridized carbons (Fsp3) is 0.688. The summed E-state index contributed by atoms with van der Waals surface area (Å²) in [6.45, 7) is 7.95. The van der Waals surface area contributed by atoms with E-state index in [1.807, 2.05) is 13.8 Å².